The minimum absolute atomic E-state index is 0.0466. The number of nitrogens with one attached hydrogen (secondary N) is 1. The Bertz CT molecular complexity index is 267. The smallest absolute Gasteiger partial charge is 0.299 e. The summed E-state index contributed by atoms with van der Waals surface area (Å²) in [5.74, 6) is -0.824. The molecule has 0 aromatic rings. The Labute approximate surface area is 102 Å². The van der Waals surface area contributed by atoms with Crippen LogP contribution in [0, 0.1) is 5.41 Å². The van der Waals surface area contributed by atoms with Gasteiger partial charge in [-0.2, -0.15) is 0 Å². The van der Waals surface area contributed by atoms with E-state index >= 15 is 0 Å². The van der Waals surface area contributed by atoms with Crippen LogP contribution in [-0.4, -0.2) is 62.9 Å². The van der Waals surface area contributed by atoms with Gasteiger partial charge in [-0.25, -0.2) is 0 Å². The molecule has 4 fully saturated rings. The molecular formula is C12H22N2O3. The van der Waals surface area contributed by atoms with Gasteiger partial charge in [-0.05, 0) is 6.92 Å². The maximum absolute atomic E-state index is 5.88. The van der Waals surface area contributed by atoms with Crippen molar-refractivity contribution in [1.29, 1.82) is 0 Å². The summed E-state index contributed by atoms with van der Waals surface area (Å²) < 4.78 is 17.6. The van der Waals surface area contributed by atoms with E-state index in [1.807, 2.05) is 0 Å². The number of hydrogen-bond acceptors (Lipinski definition) is 5. The molecule has 4 aliphatic heterocycles. The fraction of sp³-hybridized carbons (Fsp3) is 1.00. The second-order valence-corrected chi connectivity index (χ2v) is 5.74. The van der Waals surface area contributed by atoms with Crippen LogP contribution in [0.3, 0.4) is 0 Å². The molecule has 0 spiro atoms. The SMILES string of the molecule is CC(N1CCNCC1)C12OCC(C)(CO1)CO2. The van der Waals surface area contributed by atoms with Crippen LogP contribution in [0.5, 0.6) is 0 Å². The van der Waals surface area contributed by atoms with E-state index in [-0.39, 0.29) is 11.5 Å². The highest BCUT2D eigenvalue weighted by molar-refractivity contribution is 4.91. The molecule has 4 aliphatic rings. The molecule has 5 nitrogen and oxygen atoms in total. The van der Waals surface area contributed by atoms with Crippen LogP contribution in [0.4, 0.5) is 0 Å². The maximum Gasteiger partial charge on any atom is 0.299 e. The molecule has 98 valence electrons. The van der Waals surface area contributed by atoms with Crippen LogP contribution in [-0.2, 0) is 14.2 Å². The average Bonchev–Trinajstić information content (AvgIpc) is 2.40. The standard InChI is InChI=1S/C12H22N2O3/c1-10(14-5-3-13-4-6-14)12-15-7-11(2,8-16-12)9-17-12/h10,13H,3-9H2,1-2H3. The lowest BCUT2D eigenvalue weighted by Gasteiger charge is -2.54. The number of ether oxygens (including phenoxy) is 3. The zero-order valence-electron chi connectivity index (χ0n) is 10.7. The molecule has 2 bridgehead atoms. The van der Waals surface area contributed by atoms with Gasteiger partial charge in [0.05, 0.1) is 25.9 Å². The van der Waals surface area contributed by atoms with Crippen LogP contribution >= 0.6 is 0 Å². The minimum atomic E-state index is -0.824. The number of fused-ring (bicyclic) bond motifs is 3. The predicted molar refractivity (Wildman–Crippen MR) is 62.6 cm³/mol. The molecule has 1 N–H and O–H groups in total. The van der Waals surface area contributed by atoms with Crippen molar-refractivity contribution in [3.63, 3.8) is 0 Å². The lowest BCUT2D eigenvalue weighted by atomic mass is 9.91. The number of rotatable bonds is 2. The number of hydrogen-bond donors (Lipinski definition) is 1. The molecule has 4 saturated heterocycles. The van der Waals surface area contributed by atoms with Gasteiger partial charge in [-0.15, -0.1) is 0 Å². The van der Waals surface area contributed by atoms with Crippen molar-refractivity contribution in [1.82, 2.24) is 10.2 Å². The Hall–Kier alpha value is -0.200. The van der Waals surface area contributed by atoms with Crippen molar-refractivity contribution in [2.75, 3.05) is 46.0 Å². The molecule has 1 unspecified atom stereocenters. The summed E-state index contributed by atoms with van der Waals surface area (Å²) in [6.45, 7) is 10.6. The van der Waals surface area contributed by atoms with Crippen LogP contribution in [0.1, 0.15) is 13.8 Å². The summed E-state index contributed by atoms with van der Waals surface area (Å²) in [5, 5.41) is 3.35. The van der Waals surface area contributed by atoms with E-state index in [4.69, 9.17) is 14.2 Å². The van der Waals surface area contributed by atoms with E-state index in [9.17, 15) is 0 Å². The Morgan fingerprint density at radius 2 is 1.59 bits per heavy atom. The van der Waals surface area contributed by atoms with Crippen molar-refractivity contribution in [2.45, 2.75) is 25.9 Å². The molecular weight excluding hydrogens is 220 g/mol. The van der Waals surface area contributed by atoms with Gasteiger partial charge in [0.1, 0.15) is 0 Å². The van der Waals surface area contributed by atoms with Crippen LogP contribution < -0.4 is 5.32 Å². The minimum Gasteiger partial charge on any atom is -0.325 e. The molecule has 0 saturated carbocycles. The molecule has 5 heteroatoms. The van der Waals surface area contributed by atoms with Gasteiger partial charge in [0, 0.05) is 31.6 Å². The van der Waals surface area contributed by atoms with Gasteiger partial charge < -0.3 is 19.5 Å². The van der Waals surface area contributed by atoms with Gasteiger partial charge in [0.15, 0.2) is 0 Å². The quantitative estimate of drug-likeness (QED) is 0.739. The summed E-state index contributed by atoms with van der Waals surface area (Å²) in [7, 11) is 0. The first kappa shape index (κ1) is 11.9. The molecule has 0 aromatic heterocycles. The normalized spacial score (nSPS) is 44.8. The lowest BCUT2D eigenvalue weighted by molar-refractivity contribution is -0.480. The van der Waals surface area contributed by atoms with Crippen molar-refractivity contribution < 1.29 is 14.2 Å². The molecule has 1 atom stereocenters. The van der Waals surface area contributed by atoms with E-state index < -0.39 is 5.97 Å². The first-order valence-corrected chi connectivity index (χ1v) is 6.50. The molecule has 0 radical (unpaired) electrons. The Kier molecular flexibility index (Phi) is 2.91. The van der Waals surface area contributed by atoms with Crippen molar-refractivity contribution in [3.8, 4) is 0 Å². The summed E-state index contributed by atoms with van der Waals surface area (Å²) in [4.78, 5) is 2.38. The fourth-order valence-corrected chi connectivity index (χ4v) is 2.73. The maximum atomic E-state index is 5.88. The fourth-order valence-electron chi connectivity index (χ4n) is 2.73. The molecule has 4 heterocycles. The molecule has 0 aliphatic carbocycles. The zero-order chi connectivity index (χ0) is 11.9. The third-order valence-electron chi connectivity index (χ3n) is 4.08. The Morgan fingerprint density at radius 3 is 2.12 bits per heavy atom. The predicted octanol–water partition coefficient (Wildman–Crippen LogP) is 0.0172. The van der Waals surface area contributed by atoms with E-state index in [1.165, 1.54) is 0 Å². The van der Waals surface area contributed by atoms with Crippen molar-refractivity contribution in [2.24, 2.45) is 5.41 Å². The van der Waals surface area contributed by atoms with Crippen LogP contribution in [0.15, 0.2) is 0 Å². The van der Waals surface area contributed by atoms with Crippen LogP contribution in [0.2, 0.25) is 0 Å². The Morgan fingerprint density at radius 1 is 1.06 bits per heavy atom. The van der Waals surface area contributed by atoms with Crippen LogP contribution in [0.25, 0.3) is 0 Å². The van der Waals surface area contributed by atoms with E-state index in [1.54, 1.807) is 0 Å². The first-order valence-electron chi connectivity index (χ1n) is 6.50. The third kappa shape index (κ3) is 2.00. The largest absolute Gasteiger partial charge is 0.325 e. The molecule has 0 aromatic carbocycles. The molecule has 4 rings (SSSR count). The van der Waals surface area contributed by atoms with E-state index in [0.29, 0.717) is 0 Å². The Balaban J connectivity index is 1.70. The topological polar surface area (TPSA) is 43.0 Å². The lowest BCUT2D eigenvalue weighted by Crippen LogP contribution is -2.67. The second-order valence-electron chi connectivity index (χ2n) is 5.74. The average molecular weight is 242 g/mol. The number of nitrogens with zero attached hydrogens (tertiary/aromatic N) is 1. The first-order chi connectivity index (χ1) is 8.14. The van der Waals surface area contributed by atoms with Gasteiger partial charge in [0.25, 0.3) is 5.97 Å². The van der Waals surface area contributed by atoms with Gasteiger partial charge in [-0.1, -0.05) is 6.92 Å². The van der Waals surface area contributed by atoms with Gasteiger partial charge in [-0.3, -0.25) is 4.90 Å². The summed E-state index contributed by atoms with van der Waals surface area (Å²) >= 11 is 0. The summed E-state index contributed by atoms with van der Waals surface area (Å²) in [6.07, 6.45) is 0. The molecule has 17 heavy (non-hydrogen) atoms. The van der Waals surface area contributed by atoms with Gasteiger partial charge in [0.2, 0.25) is 0 Å². The van der Waals surface area contributed by atoms with Crippen molar-refractivity contribution in [3.05, 3.63) is 0 Å². The van der Waals surface area contributed by atoms with Gasteiger partial charge >= 0.3 is 0 Å². The summed E-state index contributed by atoms with van der Waals surface area (Å²) in [5.41, 5.74) is 0.0466. The second kappa shape index (κ2) is 4.17. The number of piperazine rings is 1. The van der Waals surface area contributed by atoms with Crippen molar-refractivity contribution >= 4 is 0 Å². The highest BCUT2D eigenvalue weighted by Gasteiger charge is 2.54. The van der Waals surface area contributed by atoms with E-state index in [2.05, 4.69) is 24.1 Å². The molecule has 0 amide bonds. The monoisotopic (exact) mass is 242 g/mol. The highest BCUT2D eigenvalue weighted by Crippen LogP contribution is 2.40. The third-order valence-corrected chi connectivity index (χ3v) is 4.08. The summed E-state index contributed by atoms with van der Waals surface area (Å²) in [6, 6.07) is 0.148. The van der Waals surface area contributed by atoms with E-state index in [0.717, 1.165) is 46.0 Å². The zero-order valence-corrected chi connectivity index (χ0v) is 10.7. The highest BCUT2D eigenvalue weighted by atomic mass is 16.9.